The topological polar surface area (TPSA) is 81.1 Å². The zero-order chi connectivity index (χ0) is 21.4. The second kappa shape index (κ2) is 7.60. The van der Waals surface area contributed by atoms with Gasteiger partial charge < -0.3 is 15.4 Å². The van der Waals surface area contributed by atoms with Crippen LogP contribution in [0.4, 0.5) is 11.6 Å². The summed E-state index contributed by atoms with van der Waals surface area (Å²) in [5.41, 5.74) is 3.01. The van der Waals surface area contributed by atoms with Crippen molar-refractivity contribution in [3.05, 3.63) is 89.9 Å². The van der Waals surface area contributed by atoms with Gasteiger partial charge in [-0.05, 0) is 47.5 Å². The lowest BCUT2D eigenvalue weighted by molar-refractivity contribution is -0.113. The molecule has 0 bridgehead atoms. The number of carbonyl (C=O) groups excluding carboxylic acids is 1. The third-order valence-corrected chi connectivity index (χ3v) is 5.50. The molecule has 2 N–H and O–H groups in total. The van der Waals surface area contributed by atoms with Gasteiger partial charge in [0.25, 0.3) is 5.91 Å². The molecule has 7 nitrogen and oxygen atoms in total. The van der Waals surface area contributed by atoms with E-state index < -0.39 is 6.04 Å². The average Bonchev–Trinajstić information content (AvgIpc) is 3.26. The molecule has 0 saturated heterocycles. The van der Waals surface area contributed by atoms with Gasteiger partial charge in [0, 0.05) is 11.4 Å². The molecule has 0 fully saturated rings. The third-order valence-electron chi connectivity index (χ3n) is 5.50. The fourth-order valence-electron chi connectivity index (χ4n) is 4.03. The van der Waals surface area contributed by atoms with Crippen molar-refractivity contribution in [1.29, 1.82) is 0 Å². The summed E-state index contributed by atoms with van der Waals surface area (Å²) in [5, 5.41) is 12.8. The summed E-state index contributed by atoms with van der Waals surface area (Å²) >= 11 is 0. The number of anilines is 2. The van der Waals surface area contributed by atoms with Gasteiger partial charge in [-0.1, -0.05) is 42.5 Å². The average molecular weight is 411 g/mol. The Labute approximate surface area is 179 Å². The van der Waals surface area contributed by atoms with E-state index in [1.54, 1.807) is 11.8 Å². The van der Waals surface area contributed by atoms with Crippen molar-refractivity contribution in [2.75, 3.05) is 17.7 Å². The smallest absolute Gasteiger partial charge is 0.255 e. The summed E-state index contributed by atoms with van der Waals surface area (Å²) in [6.45, 7) is 1.89. The van der Waals surface area contributed by atoms with Gasteiger partial charge in [-0.25, -0.2) is 4.68 Å². The first-order chi connectivity index (χ1) is 15.2. The van der Waals surface area contributed by atoms with E-state index in [1.807, 2.05) is 55.5 Å². The lowest BCUT2D eigenvalue weighted by Gasteiger charge is -2.29. The fourth-order valence-corrected chi connectivity index (χ4v) is 4.03. The lowest BCUT2D eigenvalue weighted by atomic mass is 9.91. The fraction of sp³-hybridized carbons (Fsp3) is 0.125. The highest BCUT2D eigenvalue weighted by atomic mass is 16.5. The monoisotopic (exact) mass is 411 g/mol. The highest BCUT2D eigenvalue weighted by molar-refractivity contribution is 6.06. The van der Waals surface area contributed by atoms with Gasteiger partial charge in [0.2, 0.25) is 5.95 Å². The summed E-state index contributed by atoms with van der Waals surface area (Å²) in [7, 11) is 1.61. The summed E-state index contributed by atoms with van der Waals surface area (Å²) in [6, 6.07) is 21.1. The molecule has 0 radical (unpaired) electrons. The second-order valence-corrected chi connectivity index (χ2v) is 7.35. The molecule has 0 aliphatic carbocycles. The van der Waals surface area contributed by atoms with E-state index in [0.29, 0.717) is 17.2 Å². The predicted octanol–water partition coefficient (Wildman–Crippen LogP) is 4.37. The van der Waals surface area contributed by atoms with Crippen molar-refractivity contribution in [3.8, 4) is 5.75 Å². The molecule has 1 aliphatic rings. The van der Waals surface area contributed by atoms with Gasteiger partial charge in [-0.3, -0.25) is 4.79 Å². The molecule has 4 aromatic rings. The van der Waals surface area contributed by atoms with Crippen molar-refractivity contribution >= 4 is 28.3 Å². The van der Waals surface area contributed by atoms with E-state index in [1.165, 1.54) is 6.33 Å². The molecule has 1 aliphatic heterocycles. The molecule has 1 atom stereocenters. The van der Waals surface area contributed by atoms with Gasteiger partial charge in [-0.2, -0.15) is 10.1 Å². The predicted molar refractivity (Wildman–Crippen MR) is 120 cm³/mol. The normalized spacial score (nSPS) is 15.4. The van der Waals surface area contributed by atoms with Crippen molar-refractivity contribution in [2.45, 2.75) is 13.0 Å². The summed E-state index contributed by atoms with van der Waals surface area (Å²) in [6.07, 6.45) is 1.50. The summed E-state index contributed by atoms with van der Waals surface area (Å²) in [5.74, 6) is 1.14. The molecule has 1 amide bonds. The number of nitrogens with one attached hydrogen (secondary N) is 2. The number of nitrogens with zero attached hydrogens (tertiary/aromatic N) is 3. The second-order valence-electron chi connectivity index (χ2n) is 7.35. The van der Waals surface area contributed by atoms with Crippen LogP contribution in [0.2, 0.25) is 0 Å². The molecule has 2 heterocycles. The Hall–Kier alpha value is -4.13. The minimum Gasteiger partial charge on any atom is -0.497 e. The largest absolute Gasteiger partial charge is 0.497 e. The van der Waals surface area contributed by atoms with Crippen LogP contribution >= 0.6 is 0 Å². The summed E-state index contributed by atoms with van der Waals surface area (Å²) < 4.78 is 6.96. The number of carbonyl (C=O) groups is 1. The van der Waals surface area contributed by atoms with Crippen LogP contribution in [0.5, 0.6) is 5.75 Å². The minimum absolute atomic E-state index is 0.200. The molecular formula is C24H21N5O2. The minimum atomic E-state index is -0.414. The SMILES string of the molecule is COc1ccc(NC(=O)C2=C(C)Nc3ncnn3[C@H]2c2cccc3ccccc23)cc1. The van der Waals surface area contributed by atoms with Crippen LogP contribution in [-0.4, -0.2) is 27.8 Å². The number of hydrogen-bond donors (Lipinski definition) is 2. The van der Waals surface area contributed by atoms with E-state index in [9.17, 15) is 4.79 Å². The van der Waals surface area contributed by atoms with E-state index in [2.05, 4.69) is 38.9 Å². The zero-order valence-electron chi connectivity index (χ0n) is 17.2. The Kier molecular flexibility index (Phi) is 4.63. The van der Waals surface area contributed by atoms with E-state index in [-0.39, 0.29) is 5.91 Å². The Morgan fingerprint density at radius 3 is 2.65 bits per heavy atom. The number of ether oxygens (including phenoxy) is 1. The van der Waals surface area contributed by atoms with Crippen LogP contribution in [-0.2, 0) is 4.79 Å². The Bertz CT molecular complexity index is 1300. The van der Waals surface area contributed by atoms with Crippen molar-refractivity contribution in [2.24, 2.45) is 0 Å². The maximum atomic E-state index is 13.5. The van der Waals surface area contributed by atoms with E-state index >= 15 is 0 Å². The van der Waals surface area contributed by atoms with Crippen LogP contribution in [0.3, 0.4) is 0 Å². The quantitative estimate of drug-likeness (QED) is 0.521. The molecule has 31 heavy (non-hydrogen) atoms. The van der Waals surface area contributed by atoms with E-state index in [4.69, 9.17) is 4.74 Å². The lowest BCUT2D eigenvalue weighted by Crippen LogP contribution is -2.31. The Balaban J connectivity index is 1.61. The van der Waals surface area contributed by atoms with Gasteiger partial charge in [0.15, 0.2) is 0 Å². The first-order valence-corrected chi connectivity index (χ1v) is 9.96. The van der Waals surface area contributed by atoms with Gasteiger partial charge >= 0.3 is 0 Å². The number of allylic oxidation sites excluding steroid dienone is 1. The number of fused-ring (bicyclic) bond motifs is 2. The molecular weight excluding hydrogens is 390 g/mol. The molecule has 0 spiro atoms. The zero-order valence-corrected chi connectivity index (χ0v) is 17.2. The van der Waals surface area contributed by atoms with Crippen molar-refractivity contribution in [1.82, 2.24) is 14.8 Å². The van der Waals surface area contributed by atoms with Crippen LogP contribution in [0.1, 0.15) is 18.5 Å². The van der Waals surface area contributed by atoms with Crippen LogP contribution < -0.4 is 15.4 Å². The molecule has 7 heteroatoms. The maximum absolute atomic E-state index is 13.5. The molecule has 0 saturated carbocycles. The maximum Gasteiger partial charge on any atom is 0.255 e. The third kappa shape index (κ3) is 3.30. The standard InChI is InChI=1S/C24H21N5O2/c1-15-21(23(30)28-17-10-12-18(31-2)13-11-17)22(29-24(27-15)25-14-26-29)20-9-5-7-16-6-3-4-8-19(16)20/h3-14,22H,1-2H3,(H,28,30)(H,25,26,27)/t22-/m0/s1. The first-order valence-electron chi connectivity index (χ1n) is 9.96. The number of hydrogen-bond acceptors (Lipinski definition) is 5. The number of benzene rings is 3. The van der Waals surface area contributed by atoms with E-state index in [0.717, 1.165) is 27.8 Å². The number of aromatic nitrogens is 3. The van der Waals surface area contributed by atoms with Crippen LogP contribution in [0.15, 0.2) is 84.3 Å². The Morgan fingerprint density at radius 1 is 1.06 bits per heavy atom. The molecule has 1 aromatic heterocycles. The highest BCUT2D eigenvalue weighted by Gasteiger charge is 2.34. The molecule has 5 rings (SSSR count). The van der Waals surface area contributed by atoms with Crippen LogP contribution in [0, 0.1) is 0 Å². The van der Waals surface area contributed by atoms with Gasteiger partial charge in [-0.15, -0.1) is 0 Å². The van der Waals surface area contributed by atoms with Gasteiger partial charge in [0.1, 0.15) is 18.1 Å². The Morgan fingerprint density at radius 2 is 1.84 bits per heavy atom. The molecule has 0 unspecified atom stereocenters. The van der Waals surface area contributed by atoms with Crippen LogP contribution in [0.25, 0.3) is 10.8 Å². The number of methoxy groups -OCH3 is 1. The molecule has 3 aromatic carbocycles. The number of rotatable bonds is 4. The number of amides is 1. The van der Waals surface area contributed by atoms with Crippen molar-refractivity contribution < 1.29 is 9.53 Å². The highest BCUT2D eigenvalue weighted by Crippen LogP contribution is 2.38. The molecule has 154 valence electrons. The van der Waals surface area contributed by atoms with Crippen molar-refractivity contribution in [3.63, 3.8) is 0 Å². The first kappa shape index (κ1) is 18.9. The summed E-state index contributed by atoms with van der Waals surface area (Å²) in [4.78, 5) is 17.8. The van der Waals surface area contributed by atoms with Gasteiger partial charge in [0.05, 0.1) is 12.7 Å².